The number of sulfone groups is 1. The molecule has 152 valence electrons. The topological polar surface area (TPSA) is 60.9 Å². The Bertz CT molecular complexity index is 730. The van der Waals surface area contributed by atoms with Crippen molar-refractivity contribution in [3.63, 3.8) is 0 Å². The summed E-state index contributed by atoms with van der Waals surface area (Å²) in [5.41, 5.74) is 1.01. The van der Waals surface area contributed by atoms with Gasteiger partial charge in [-0.25, -0.2) is 12.8 Å². The molecule has 2 fully saturated rings. The fourth-order valence-electron chi connectivity index (χ4n) is 4.63. The van der Waals surface area contributed by atoms with E-state index in [-0.39, 0.29) is 28.8 Å². The quantitative estimate of drug-likeness (QED) is 0.757. The standard InChI is InChI=1S/C20H31FN2O3S/c1-22(2)11-12-23(18-13-27(25,26)14-19(18)24)15-20(9-3-4-10-20)16-5-7-17(21)8-6-16/h5-8,18-19,24H,3-4,9-15H2,1-2H3/t18-,19-/m0/s1. The van der Waals surface area contributed by atoms with E-state index in [4.69, 9.17) is 0 Å². The van der Waals surface area contributed by atoms with Gasteiger partial charge in [-0.1, -0.05) is 25.0 Å². The van der Waals surface area contributed by atoms with Crippen molar-refractivity contribution in [1.82, 2.24) is 9.80 Å². The highest BCUT2D eigenvalue weighted by Gasteiger charge is 2.44. The van der Waals surface area contributed by atoms with Crippen LogP contribution in [0.15, 0.2) is 24.3 Å². The average molecular weight is 399 g/mol. The summed E-state index contributed by atoms with van der Waals surface area (Å²) in [4.78, 5) is 4.24. The van der Waals surface area contributed by atoms with E-state index in [0.717, 1.165) is 37.8 Å². The van der Waals surface area contributed by atoms with E-state index >= 15 is 0 Å². The predicted molar refractivity (Wildman–Crippen MR) is 105 cm³/mol. The number of hydrogen-bond acceptors (Lipinski definition) is 5. The van der Waals surface area contributed by atoms with E-state index in [2.05, 4.69) is 9.80 Å². The molecule has 1 aliphatic heterocycles. The number of halogens is 1. The van der Waals surface area contributed by atoms with Crippen molar-refractivity contribution < 1.29 is 17.9 Å². The highest BCUT2D eigenvalue weighted by Crippen LogP contribution is 2.42. The second-order valence-electron chi connectivity index (χ2n) is 8.48. The van der Waals surface area contributed by atoms with Crippen LogP contribution in [0, 0.1) is 5.82 Å². The Morgan fingerprint density at radius 1 is 1.11 bits per heavy atom. The fraction of sp³-hybridized carbons (Fsp3) is 0.700. The second-order valence-corrected chi connectivity index (χ2v) is 10.6. The van der Waals surface area contributed by atoms with Crippen molar-refractivity contribution in [3.8, 4) is 0 Å². The van der Waals surface area contributed by atoms with Gasteiger partial charge in [-0.05, 0) is 44.6 Å². The Hall–Kier alpha value is -1.02. The van der Waals surface area contributed by atoms with E-state index in [9.17, 15) is 17.9 Å². The summed E-state index contributed by atoms with van der Waals surface area (Å²) in [5.74, 6) is -0.380. The molecule has 1 aliphatic carbocycles. The summed E-state index contributed by atoms with van der Waals surface area (Å²) < 4.78 is 37.6. The van der Waals surface area contributed by atoms with E-state index in [1.165, 1.54) is 12.1 Å². The van der Waals surface area contributed by atoms with Crippen LogP contribution < -0.4 is 0 Å². The molecule has 2 aliphatic rings. The van der Waals surface area contributed by atoms with Gasteiger partial charge in [0.2, 0.25) is 0 Å². The molecule has 2 atom stereocenters. The second kappa shape index (κ2) is 8.15. The SMILES string of the molecule is CN(C)CCN(CC1(c2ccc(F)cc2)CCCC1)[C@H]1CS(=O)(=O)C[C@@H]1O. The molecule has 7 heteroatoms. The molecule has 1 aromatic carbocycles. The Morgan fingerprint density at radius 2 is 1.74 bits per heavy atom. The van der Waals surface area contributed by atoms with Gasteiger partial charge in [-0.3, -0.25) is 4.90 Å². The van der Waals surface area contributed by atoms with Crippen LogP contribution in [0.2, 0.25) is 0 Å². The summed E-state index contributed by atoms with van der Waals surface area (Å²) in [6.45, 7) is 2.19. The summed E-state index contributed by atoms with van der Waals surface area (Å²) in [7, 11) is 0.776. The minimum absolute atomic E-state index is 0.0150. The summed E-state index contributed by atoms with van der Waals surface area (Å²) in [5, 5.41) is 10.4. The molecular formula is C20H31FN2O3S. The first-order valence-electron chi connectivity index (χ1n) is 9.74. The van der Waals surface area contributed by atoms with Crippen molar-refractivity contribution in [2.75, 3.05) is 45.2 Å². The Balaban J connectivity index is 1.87. The Labute approximate surface area is 162 Å². The van der Waals surface area contributed by atoms with E-state index < -0.39 is 15.9 Å². The van der Waals surface area contributed by atoms with Crippen molar-refractivity contribution in [1.29, 1.82) is 0 Å². The van der Waals surface area contributed by atoms with Crippen LogP contribution in [-0.4, -0.2) is 80.7 Å². The molecule has 5 nitrogen and oxygen atoms in total. The van der Waals surface area contributed by atoms with Gasteiger partial charge >= 0.3 is 0 Å². The molecule has 0 aromatic heterocycles. The van der Waals surface area contributed by atoms with Gasteiger partial charge in [0.25, 0.3) is 0 Å². The number of rotatable bonds is 7. The zero-order valence-corrected chi connectivity index (χ0v) is 17.1. The number of likely N-dealkylation sites (N-methyl/N-ethyl adjacent to an activating group) is 1. The van der Waals surface area contributed by atoms with Gasteiger partial charge < -0.3 is 10.0 Å². The van der Waals surface area contributed by atoms with Crippen LogP contribution in [0.3, 0.4) is 0 Å². The number of aliphatic hydroxyl groups excluding tert-OH is 1. The van der Waals surface area contributed by atoms with Crippen LogP contribution in [0.25, 0.3) is 0 Å². The monoisotopic (exact) mass is 398 g/mol. The minimum Gasteiger partial charge on any atom is -0.390 e. The smallest absolute Gasteiger partial charge is 0.154 e. The zero-order valence-electron chi connectivity index (χ0n) is 16.3. The molecule has 3 rings (SSSR count). The molecule has 0 bridgehead atoms. The van der Waals surface area contributed by atoms with Crippen molar-refractivity contribution in [3.05, 3.63) is 35.6 Å². The van der Waals surface area contributed by atoms with Crippen molar-refractivity contribution >= 4 is 9.84 Å². The zero-order chi connectivity index (χ0) is 19.7. The molecule has 0 radical (unpaired) electrons. The maximum atomic E-state index is 13.4. The van der Waals surface area contributed by atoms with E-state index in [1.807, 2.05) is 26.2 Å². The molecular weight excluding hydrogens is 367 g/mol. The third kappa shape index (κ3) is 4.88. The summed E-state index contributed by atoms with van der Waals surface area (Å²) in [6, 6.07) is 6.38. The third-order valence-electron chi connectivity index (χ3n) is 6.12. The lowest BCUT2D eigenvalue weighted by molar-refractivity contribution is 0.0619. The first-order valence-corrected chi connectivity index (χ1v) is 11.6. The van der Waals surface area contributed by atoms with Gasteiger partial charge in [-0.2, -0.15) is 0 Å². The maximum Gasteiger partial charge on any atom is 0.154 e. The van der Waals surface area contributed by atoms with E-state index in [1.54, 1.807) is 0 Å². The van der Waals surface area contributed by atoms with Gasteiger partial charge in [0, 0.05) is 25.0 Å². The number of benzene rings is 1. The molecule has 1 saturated carbocycles. The van der Waals surface area contributed by atoms with Crippen LogP contribution in [-0.2, 0) is 15.3 Å². The highest BCUT2D eigenvalue weighted by molar-refractivity contribution is 7.91. The predicted octanol–water partition coefficient (Wildman–Crippen LogP) is 1.66. The maximum absolute atomic E-state index is 13.4. The highest BCUT2D eigenvalue weighted by atomic mass is 32.2. The average Bonchev–Trinajstić information content (AvgIpc) is 3.16. The van der Waals surface area contributed by atoms with Gasteiger partial charge in [-0.15, -0.1) is 0 Å². The molecule has 1 heterocycles. The molecule has 1 saturated heterocycles. The van der Waals surface area contributed by atoms with Crippen molar-refractivity contribution in [2.45, 2.75) is 43.2 Å². The van der Waals surface area contributed by atoms with Crippen LogP contribution in [0.4, 0.5) is 4.39 Å². The molecule has 0 spiro atoms. The van der Waals surface area contributed by atoms with Gasteiger partial charge in [0.15, 0.2) is 9.84 Å². The molecule has 1 aromatic rings. The number of nitrogens with zero attached hydrogens (tertiary/aromatic N) is 2. The molecule has 27 heavy (non-hydrogen) atoms. The normalized spacial score (nSPS) is 26.9. The lowest BCUT2D eigenvalue weighted by Gasteiger charge is -2.40. The van der Waals surface area contributed by atoms with Crippen LogP contribution in [0.1, 0.15) is 31.2 Å². The first-order chi connectivity index (χ1) is 12.7. The van der Waals surface area contributed by atoms with Crippen LogP contribution in [0.5, 0.6) is 0 Å². The lowest BCUT2D eigenvalue weighted by Crippen LogP contribution is -2.51. The summed E-state index contributed by atoms with van der Waals surface area (Å²) >= 11 is 0. The van der Waals surface area contributed by atoms with Gasteiger partial charge in [0.1, 0.15) is 5.82 Å². The van der Waals surface area contributed by atoms with E-state index in [0.29, 0.717) is 13.1 Å². The lowest BCUT2D eigenvalue weighted by atomic mass is 9.78. The number of hydrogen-bond donors (Lipinski definition) is 1. The first kappa shape index (κ1) is 20.7. The molecule has 0 unspecified atom stereocenters. The fourth-order valence-corrected chi connectivity index (χ4v) is 6.46. The molecule has 1 N–H and O–H groups in total. The third-order valence-corrected chi connectivity index (χ3v) is 7.82. The Kier molecular flexibility index (Phi) is 6.25. The summed E-state index contributed by atoms with van der Waals surface area (Å²) in [6.07, 6.45) is 3.40. The Morgan fingerprint density at radius 3 is 2.26 bits per heavy atom. The minimum atomic E-state index is -3.21. The number of aliphatic hydroxyl groups is 1. The van der Waals surface area contributed by atoms with Gasteiger partial charge in [0.05, 0.1) is 23.7 Å². The molecule has 0 amide bonds. The van der Waals surface area contributed by atoms with Crippen molar-refractivity contribution in [2.24, 2.45) is 0 Å². The largest absolute Gasteiger partial charge is 0.390 e. The van der Waals surface area contributed by atoms with Crippen LogP contribution >= 0.6 is 0 Å².